The molecule has 22 heavy (non-hydrogen) atoms. The van der Waals surface area contributed by atoms with Crippen molar-refractivity contribution < 1.29 is 0 Å². The summed E-state index contributed by atoms with van der Waals surface area (Å²) >= 11 is 0. The van der Waals surface area contributed by atoms with Gasteiger partial charge in [-0.2, -0.15) is 0 Å². The van der Waals surface area contributed by atoms with E-state index in [0.29, 0.717) is 0 Å². The van der Waals surface area contributed by atoms with Gasteiger partial charge in [0.15, 0.2) is 0 Å². The lowest BCUT2D eigenvalue weighted by Gasteiger charge is -2.23. The number of rotatable bonds is 17. The zero-order chi connectivity index (χ0) is 16.5. The zero-order valence-corrected chi connectivity index (χ0v) is 16.3. The zero-order valence-electron chi connectivity index (χ0n) is 16.3. The molecule has 0 aromatic carbocycles. The van der Waals surface area contributed by atoms with Crippen molar-refractivity contribution in [1.82, 2.24) is 0 Å². The minimum absolute atomic E-state index is 0.898. The predicted octanol–water partition coefficient (Wildman–Crippen LogP) is 8.35. The van der Waals surface area contributed by atoms with Crippen LogP contribution in [0.1, 0.15) is 124 Å². The standard InChI is InChI=1S/C22H45/c1-5-9-12-14-18-21(16-8-4)20-22(17-11-7-3)19-15-13-10-6-2/h20-22H,5-19H2,1-4H3. The Bertz CT molecular complexity index is 196. The van der Waals surface area contributed by atoms with Gasteiger partial charge >= 0.3 is 0 Å². The van der Waals surface area contributed by atoms with Crippen LogP contribution in [0.4, 0.5) is 0 Å². The molecule has 133 valence electrons. The molecule has 0 nitrogen and oxygen atoms in total. The minimum atomic E-state index is 0.898. The lowest BCUT2D eigenvalue weighted by Crippen LogP contribution is -2.11. The fraction of sp³-hybridized carbons (Fsp3) is 0.955. The predicted molar refractivity (Wildman–Crippen MR) is 103 cm³/mol. The monoisotopic (exact) mass is 309 g/mol. The molecule has 0 aromatic rings. The first kappa shape index (κ1) is 22.0. The van der Waals surface area contributed by atoms with E-state index in [1.54, 1.807) is 0 Å². The van der Waals surface area contributed by atoms with E-state index in [4.69, 9.17) is 0 Å². The van der Waals surface area contributed by atoms with E-state index in [9.17, 15) is 0 Å². The van der Waals surface area contributed by atoms with E-state index in [1.165, 1.54) is 96.3 Å². The van der Waals surface area contributed by atoms with Gasteiger partial charge in [-0.05, 0) is 18.3 Å². The van der Waals surface area contributed by atoms with Crippen LogP contribution in [-0.2, 0) is 0 Å². The summed E-state index contributed by atoms with van der Waals surface area (Å²) in [5, 5.41) is 0. The van der Waals surface area contributed by atoms with Crippen LogP contribution in [0.15, 0.2) is 0 Å². The molecule has 1 radical (unpaired) electrons. The van der Waals surface area contributed by atoms with Crippen LogP contribution < -0.4 is 0 Å². The highest BCUT2D eigenvalue weighted by molar-refractivity contribution is 4.84. The summed E-state index contributed by atoms with van der Waals surface area (Å²) in [5.74, 6) is 1.80. The van der Waals surface area contributed by atoms with Crippen LogP contribution in [-0.4, -0.2) is 0 Å². The first-order valence-electron chi connectivity index (χ1n) is 10.6. The van der Waals surface area contributed by atoms with Crippen molar-refractivity contribution in [2.45, 2.75) is 124 Å². The summed E-state index contributed by atoms with van der Waals surface area (Å²) in [5.41, 5.74) is 0. The van der Waals surface area contributed by atoms with Crippen LogP contribution in [0.5, 0.6) is 0 Å². The lowest BCUT2D eigenvalue weighted by atomic mass is 9.82. The van der Waals surface area contributed by atoms with Crippen LogP contribution >= 0.6 is 0 Å². The Kier molecular flexibility index (Phi) is 17.4. The van der Waals surface area contributed by atoms with Gasteiger partial charge in [-0.1, -0.05) is 124 Å². The van der Waals surface area contributed by atoms with E-state index in [2.05, 4.69) is 34.1 Å². The largest absolute Gasteiger partial charge is 0.0654 e. The lowest BCUT2D eigenvalue weighted by molar-refractivity contribution is 0.375. The molecule has 0 rings (SSSR count). The second-order valence-corrected chi connectivity index (χ2v) is 7.34. The Morgan fingerprint density at radius 1 is 0.455 bits per heavy atom. The smallest absolute Gasteiger partial charge is 0.0324 e. The van der Waals surface area contributed by atoms with Crippen molar-refractivity contribution in [1.29, 1.82) is 0 Å². The van der Waals surface area contributed by atoms with Crippen molar-refractivity contribution in [3.05, 3.63) is 6.42 Å². The molecule has 0 amide bonds. The number of hydrogen-bond acceptors (Lipinski definition) is 0. The molecule has 2 atom stereocenters. The maximum Gasteiger partial charge on any atom is -0.0324 e. The third-order valence-electron chi connectivity index (χ3n) is 4.99. The van der Waals surface area contributed by atoms with Crippen LogP contribution in [0.2, 0.25) is 0 Å². The normalized spacial score (nSPS) is 14.2. The van der Waals surface area contributed by atoms with Crippen LogP contribution in [0.3, 0.4) is 0 Å². The molecule has 0 fully saturated rings. The van der Waals surface area contributed by atoms with Gasteiger partial charge in [-0.3, -0.25) is 0 Å². The van der Waals surface area contributed by atoms with E-state index >= 15 is 0 Å². The van der Waals surface area contributed by atoms with Crippen molar-refractivity contribution >= 4 is 0 Å². The van der Waals surface area contributed by atoms with E-state index < -0.39 is 0 Å². The number of unbranched alkanes of at least 4 members (excludes halogenated alkanes) is 7. The molecule has 0 heterocycles. The summed E-state index contributed by atoms with van der Waals surface area (Å²) in [4.78, 5) is 0. The average Bonchev–Trinajstić information content (AvgIpc) is 2.53. The van der Waals surface area contributed by atoms with E-state index in [0.717, 1.165) is 11.8 Å². The molecular weight excluding hydrogens is 264 g/mol. The molecule has 0 aliphatic rings. The summed E-state index contributed by atoms with van der Waals surface area (Å²) < 4.78 is 0. The van der Waals surface area contributed by atoms with Crippen LogP contribution in [0.25, 0.3) is 0 Å². The molecule has 0 saturated heterocycles. The van der Waals surface area contributed by atoms with Gasteiger partial charge in [-0.15, -0.1) is 0 Å². The Morgan fingerprint density at radius 2 is 0.909 bits per heavy atom. The molecule has 0 aliphatic carbocycles. The highest BCUT2D eigenvalue weighted by Gasteiger charge is 2.16. The van der Waals surface area contributed by atoms with Gasteiger partial charge in [0.2, 0.25) is 0 Å². The molecule has 0 bridgehead atoms. The topological polar surface area (TPSA) is 0 Å². The SMILES string of the molecule is CCCCCCC([CH]C(CCCC)CCCCCC)CCC. The van der Waals surface area contributed by atoms with Gasteiger partial charge in [0.25, 0.3) is 0 Å². The van der Waals surface area contributed by atoms with Crippen molar-refractivity contribution in [3.63, 3.8) is 0 Å². The molecule has 0 spiro atoms. The molecular formula is C22H45. The van der Waals surface area contributed by atoms with Gasteiger partial charge in [0.1, 0.15) is 0 Å². The molecule has 2 unspecified atom stereocenters. The van der Waals surface area contributed by atoms with Crippen molar-refractivity contribution in [3.8, 4) is 0 Å². The first-order chi connectivity index (χ1) is 10.8. The molecule has 0 saturated carbocycles. The third kappa shape index (κ3) is 13.6. The molecule has 0 heteroatoms. The van der Waals surface area contributed by atoms with Gasteiger partial charge in [-0.25, -0.2) is 0 Å². The number of hydrogen-bond donors (Lipinski definition) is 0. The summed E-state index contributed by atoms with van der Waals surface area (Å²) in [6, 6.07) is 0. The molecule has 0 aliphatic heterocycles. The van der Waals surface area contributed by atoms with Crippen molar-refractivity contribution in [2.75, 3.05) is 0 Å². The van der Waals surface area contributed by atoms with Crippen LogP contribution in [0, 0.1) is 18.3 Å². The molecule has 0 N–H and O–H groups in total. The first-order valence-corrected chi connectivity index (χ1v) is 10.6. The minimum Gasteiger partial charge on any atom is -0.0654 e. The van der Waals surface area contributed by atoms with E-state index in [-0.39, 0.29) is 0 Å². The maximum absolute atomic E-state index is 2.79. The third-order valence-corrected chi connectivity index (χ3v) is 4.99. The maximum atomic E-state index is 2.79. The van der Waals surface area contributed by atoms with Gasteiger partial charge < -0.3 is 0 Å². The summed E-state index contributed by atoms with van der Waals surface area (Å²) in [6.45, 7) is 9.32. The molecule has 0 aromatic heterocycles. The van der Waals surface area contributed by atoms with E-state index in [1.807, 2.05) is 0 Å². The Hall–Kier alpha value is 0. The highest BCUT2D eigenvalue weighted by Crippen LogP contribution is 2.29. The Labute approximate surface area is 142 Å². The quantitative estimate of drug-likeness (QED) is 0.237. The Morgan fingerprint density at radius 3 is 1.36 bits per heavy atom. The fourth-order valence-electron chi connectivity index (χ4n) is 3.56. The van der Waals surface area contributed by atoms with Gasteiger partial charge in [0.05, 0.1) is 0 Å². The summed E-state index contributed by atoms with van der Waals surface area (Å²) in [6.07, 6.45) is 24.0. The average molecular weight is 310 g/mol. The van der Waals surface area contributed by atoms with Crippen molar-refractivity contribution in [2.24, 2.45) is 11.8 Å². The second kappa shape index (κ2) is 17.4. The fourth-order valence-corrected chi connectivity index (χ4v) is 3.56. The summed E-state index contributed by atoms with van der Waals surface area (Å²) in [7, 11) is 0. The second-order valence-electron chi connectivity index (χ2n) is 7.34. The van der Waals surface area contributed by atoms with Gasteiger partial charge in [0, 0.05) is 0 Å². The Balaban J connectivity index is 4.14. The highest BCUT2D eigenvalue weighted by atomic mass is 14.2.